The van der Waals surface area contributed by atoms with Crippen LogP contribution >= 0.6 is 0 Å². The Balaban J connectivity index is 3.32. The molecule has 0 unspecified atom stereocenters. The Morgan fingerprint density at radius 1 is 1.64 bits per heavy atom. The van der Waals surface area contributed by atoms with Gasteiger partial charge in [-0.15, -0.1) is 0 Å². The highest BCUT2D eigenvalue weighted by atomic mass is 16.4. The van der Waals surface area contributed by atoms with Crippen LogP contribution < -0.4 is 5.73 Å². The second kappa shape index (κ2) is 7.17. The molecule has 1 aromatic heterocycles. The monoisotopic (exact) mass is 302 g/mol. The van der Waals surface area contributed by atoms with E-state index >= 15 is 0 Å². The van der Waals surface area contributed by atoms with Crippen LogP contribution in [0.3, 0.4) is 0 Å². The third-order valence-corrected chi connectivity index (χ3v) is 2.78. The predicted octanol–water partition coefficient (Wildman–Crippen LogP) is 1.85. The van der Waals surface area contributed by atoms with E-state index in [0.717, 1.165) is 0 Å². The van der Waals surface area contributed by atoms with Gasteiger partial charge in [-0.2, -0.15) is 10.4 Å². The van der Waals surface area contributed by atoms with Gasteiger partial charge in [0, 0.05) is 11.8 Å². The normalized spacial score (nSPS) is 12.3. The minimum atomic E-state index is -0.978. The first-order valence-electron chi connectivity index (χ1n) is 6.52. The minimum absolute atomic E-state index is 0.0239. The second-order valence-corrected chi connectivity index (χ2v) is 4.87. The lowest BCUT2D eigenvalue weighted by Gasteiger charge is -2.06. The van der Waals surface area contributed by atoms with Crippen molar-refractivity contribution in [3.8, 4) is 6.07 Å². The Morgan fingerprint density at radius 2 is 2.27 bits per heavy atom. The zero-order chi connectivity index (χ0) is 16.9. The summed E-state index contributed by atoms with van der Waals surface area (Å²) in [5.41, 5.74) is 7.02. The first-order chi connectivity index (χ1) is 10.3. The average molecular weight is 302 g/mol. The van der Waals surface area contributed by atoms with Gasteiger partial charge in [-0.25, -0.2) is 4.68 Å². The fraction of sp³-hybridized carbons (Fsp3) is 0.357. The van der Waals surface area contributed by atoms with Gasteiger partial charge in [-0.1, -0.05) is 0 Å². The second-order valence-electron chi connectivity index (χ2n) is 4.87. The number of carboxylic acids is 1. The summed E-state index contributed by atoms with van der Waals surface area (Å²) in [6.07, 6.45) is 1.15. The van der Waals surface area contributed by atoms with Crippen LogP contribution in [0.1, 0.15) is 44.5 Å². The number of nitrogens with two attached hydrogens (primary N) is 1. The lowest BCUT2D eigenvalue weighted by atomic mass is 10.2. The molecule has 116 valence electrons. The van der Waals surface area contributed by atoms with Crippen molar-refractivity contribution in [3.63, 3.8) is 0 Å². The highest BCUT2D eigenvalue weighted by molar-refractivity contribution is 5.97. The molecule has 0 radical (unpaired) electrons. The Bertz CT molecular complexity index is 691. The number of hydrogen-bond acceptors (Lipinski definition) is 6. The maximum absolute atomic E-state index is 10.6. The number of anilines is 1. The molecule has 1 heterocycles. The van der Waals surface area contributed by atoms with Crippen LogP contribution in [0.4, 0.5) is 5.82 Å². The zero-order valence-corrected chi connectivity index (χ0v) is 12.7. The SMILES string of the molecule is C=N/C(=C\N=C(C)CC(=O)O)c1nn(C(C)C)c(N)c1C#N. The highest BCUT2D eigenvalue weighted by Crippen LogP contribution is 2.26. The summed E-state index contributed by atoms with van der Waals surface area (Å²) in [7, 11) is 0. The Morgan fingerprint density at radius 3 is 2.73 bits per heavy atom. The highest BCUT2D eigenvalue weighted by Gasteiger charge is 2.19. The van der Waals surface area contributed by atoms with E-state index in [2.05, 4.69) is 21.8 Å². The number of rotatable bonds is 6. The van der Waals surface area contributed by atoms with Gasteiger partial charge in [0.1, 0.15) is 28.8 Å². The standard InChI is InChI=1S/C14H18N6O2/c1-8(2)20-14(16)10(6-15)13(19-20)11(17-4)7-18-9(3)5-12(21)22/h7-8H,4-5,16H2,1-3H3,(H,21,22)/b11-7-,18-9?. The molecule has 3 N–H and O–H groups in total. The molecular weight excluding hydrogens is 284 g/mol. The summed E-state index contributed by atoms with van der Waals surface area (Å²) in [4.78, 5) is 18.4. The van der Waals surface area contributed by atoms with Gasteiger partial charge in [0.25, 0.3) is 0 Å². The largest absolute Gasteiger partial charge is 0.481 e. The number of nitrogen functional groups attached to an aromatic ring is 1. The van der Waals surface area contributed by atoms with Crippen molar-refractivity contribution in [1.29, 1.82) is 5.26 Å². The topological polar surface area (TPSA) is 130 Å². The molecule has 0 spiro atoms. The first kappa shape index (κ1) is 17.1. The van der Waals surface area contributed by atoms with Crippen molar-refractivity contribution < 1.29 is 9.90 Å². The summed E-state index contributed by atoms with van der Waals surface area (Å²) in [6, 6.07) is 1.97. The maximum atomic E-state index is 10.6. The number of hydrogen-bond donors (Lipinski definition) is 2. The molecule has 1 rings (SSSR count). The van der Waals surface area contributed by atoms with E-state index in [4.69, 9.17) is 10.8 Å². The third kappa shape index (κ3) is 3.79. The number of carboxylic acid groups (broad SMARTS) is 1. The number of aromatic nitrogens is 2. The average Bonchev–Trinajstić information content (AvgIpc) is 2.75. The van der Waals surface area contributed by atoms with Crippen molar-refractivity contribution in [3.05, 3.63) is 17.5 Å². The van der Waals surface area contributed by atoms with Crippen LogP contribution in [0.25, 0.3) is 5.70 Å². The molecule has 0 aliphatic rings. The van der Waals surface area contributed by atoms with Gasteiger partial charge in [0.05, 0.1) is 12.6 Å². The van der Waals surface area contributed by atoms with Crippen molar-refractivity contribution in [2.45, 2.75) is 33.2 Å². The summed E-state index contributed by atoms with van der Waals surface area (Å²) < 4.78 is 1.51. The molecule has 0 aliphatic heterocycles. The lowest BCUT2D eigenvalue weighted by molar-refractivity contribution is -0.135. The minimum Gasteiger partial charge on any atom is -0.481 e. The van der Waals surface area contributed by atoms with Gasteiger partial charge in [-0.3, -0.25) is 14.8 Å². The van der Waals surface area contributed by atoms with Crippen LogP contribution in [-0.2, 0) is 4.79 Å². The maximum Gasteiger partial charge on any atom is 0.309 e. The van der Waals surface area contributed by atoms with E-state index in [1.165, 1.54) is 10.9 Å². The lowest BCUT2D eigenvalue weighted by Crippen LogP contribution is -2.07. The summed E-state index contributed by atoms with van der Waals surface area (Å²) >= 11 is 0. The fourth-order valence-electron chi connectivity index (χ4n) is 1.74. The van der Waals surface area contributed by atoms with Gasteiger partial charge >= 0.3 is 5.97 Å². The number of aliphatic carboxylic acids is 1. The van der Waals surface area contributed by atoms with Crippen molar-refractivity contribution in [2.75, 3.05) is 5.73 Å². The summed E-state index contributed by atoms with van der Waals surface area (Å²) in [6.45, 7) is 8.78. The Labute approximate surface area is 128 Å². The van der Waals surface area contributed by atoms with Crippen LogP contribution in [0, 0.1) is 11.3 Å². The smallest absolute Gasteiger partial charge is 0.309 e. The van der Waals surface area contributed by atoms with Crippen molar-refractivity contribution >= 4 is 29.9 Å². The first-order valence-corrected chi connectivity index (χ1v) is 6.52. The molecule has 0 fully saturated rings. The zero-order valence-electron chi connectivity index (χ0n) is 12.7. The molecule has 22 heavy (non-hydrogen) atoms. The van der Waals surface area contributed by atoms with E-state index < -0.39 is 5.97 Å². The molecule has 0 aliphatic carbocycles. The van der Waals surface area contributed by atoms with Gasteiger partial charge in [0.2, 0.25) is 0 Å². The molecule has 0 amide bonds. The van der Waals surface area contributed by atoms with Gasteiger partial charge in [-0.05, 0) is 27.5 Å². The molecule has 0 aromatic carbocycles. The number of aliphatic imine (C=N–C) groups is 2. The van der Waals surface area contributed by atoms with E-state index in [9.17, 15) is 10.1 Å². The van der Waals surface area contributed by atoms with E-state index in [1.54, 1.807) is 6.92 Å². The molecule has 0 bridgehead atoms. The van der Waals surface area contributed by atoms with Crippen molar-refractivity contribution in [2.24, 2.45) is 9.98 Å². The summed E-state index contributed by atoms with van der Waals surface area (Å²) in [5, 5.41) is 22.2. The molecular formula is C14H18N6O2. The quantitative estimate of drug-likeness (QED) is 0.774. The Hall–Kier alpha value is -2.95. The molecule has 8 nitrogen and oxygen atoms in total. The van der Waals surface area contributed by atoms with E-state index in [1.807, 2.05) is 19.9 Å². The van der Waals surface area contributed by atoms with Gasteiger partial charge < -0.3 is 10.8 Å². The van der Waals surface area contributed by atoms with E-state index in [0.29, 0.717) is 5.71 Å². The molecule has 1 aromatic rings. The molecule has 0 saturated heterocycles. The van der Waals surface area contributed by atoms with Gasteiger partial charge in [0.15, 0.2) is 0 Å². The third-order valence-electron chi connectivity index (χ3n) is 2.78. The number of carbonyl (C=O) groups is 1. The number of nitriles is 1. The molecule has 8 heteroatoms. The van der Waals surface area contributed by atoms with Crippen LogP contribution in [0.5, 0.6) is 0 Å². The van der Waals surface area contributed by atoms with Crippen LogP contribution in [0.2, 0.25) is 0 Å². The number of nitrogens with zero attached hydrogens (tertiary/aromatic N) is 5. The van der Waals surface area contributed by atoms with E-state index in [-0.39, 0.29) is 35.2 Å². The predicted molar refractivity (Wildman–Crippen MR) is 84.6 cm³/mol. The van der Waals surface area contributed by atoms with Crippen LogP contribution in [0.15, 0.2) is 16.2 Å². The molecule has 0 saturated carbocycles. The molecule has 0 atom stereocenters. The van der Waals surface area contributed by atoms with Crippen molar-refractivity contribution in [1.82, 2.24) is 9.78 Å². The fourth-order valence-corrected chi connectivity index (χ4v) is 1.74. The van der Waals surface area contributed by atoms with Crippen LogP contribution in [-0.4, -0.2) is 33.3 Å². The Kier molecular flexibility index (Phi) is 5.57. The summed E-state index contributed by atoms with van der Waals surface area (Å²) in [5.74, 6) is -0.734.